The van der Waals surface area contributed by atoms with Crippen LogP contribution in [0.5, 0.6) is 5.75 Å². The van der Waals surface area contributed by atoms with Gasteiger partial charge < -0.3 is 19.9 Å². The fourth-order valence-electron chi connectivity index (χ4n) is 5.50. The number of methoxy groups -OCH3 is 1. The molecule has 2 aromatic carbocycles. The lowest BCUT2D eigenvalue weighted by atomic mass is 10.1. The van der Waals surface area contributed by atoms with Crippen LogP contribution in [0.1, 0.15) is 48.8 Å². The van der Waals surface area contributed by atoms with Crippen molar-refractivity contribution in [1.29, 1.82) is 0 Å². The lowest BCUT2D eigenvalue weighted by Gasteiger charge is -2.32. The minimum absolute atomic E-state index is 0.0121. The summed E-state index contributed by atoms with van der Waals surface area (Å²) in [4.78, 5) is 23.4. The largest absolute Gasteiger partial charge is 0.494 e. The SMILES string of the molecule is CCN(C(=O)c1nc2c(OC)cccc2[nH]1)[C@@]12CCC[C@]1(NCc1ccccc1)C2. The van der Waals surface area contributed by atoms with Crippen molar-refractivity contribution in [3.63, 3.8) is 0 Å². The molecule has 2 N–H and O–H groups in total. The van der Waals surface area contributed by atoms with Gasteiger partial charge in [0, 0.05) is 18.6 Å². The molecule has 30 heavy (non-hydrogen) atoms. The number of benzene rings is 2. The molecule has 2 saturated carbocycles. The number of nitrogens with one attached hydrogen (secondary N) is 2. The van der Waals surface area contributed by atoms with Crippen molar-refractivity contribution in [3.05, 3.63) is 59.9 Å². The van der Waals surface area contributed by atoms with Gasteiger partial charge in [0.15, 0.2) is 5.82 Å². The van der Waals surface area contributed by atoms with E-state index < -0.39 is 0 Å². The summed E-state index contributed by atoms with van der Waals surface area (Å²) >= 11 is 0. The Morgan fingerprint density at radius 1 is 1.20 bits per heavy atom. The second-order valence-electron chi connectivity index (χ2n) is 8.47. The Bertz CT molecular complexity index is 1080. The second-order valence-corrected chi connectivity index (χ2v) is 8.47. The smallest absolute Gasteiger partial charge is 0.290 e. The van der Waals surface area contributed by atoms with Gasteiger partial charge in [0.05, 0.1) is 18.2 Å². The number of H-pyrrole nitrogens is 1. The number of hydrogen-bond acceptors (Lipinski definition) is 4. The molecule has 156 valence electrons. The molecule has 0 saturated heterocycles. The fourth-order valence-corrected chi connectivity index (χ4v) is 5.50. The minimum atomic E-state index is -0.114. The minimum Gasteiger partial charge on any atom is -0.494 e. The summed E-state index contributed by atoms with van der Waals surface area (Å²) in [6, 6.07) is 16.2. The first-order valence-corrected chi connectivity index (χ1v) is 10.8. The first-order chi connectivity index (χ1) is 14.6. The van der Waals surface area contributed by atoms with Crippen molar-refractivity contribution in [2.24, 2.45) is 0 Å². The van der Waals surface area contributed by atoms with Gasteiger partial charge in [0.2, 0.25) is 0 Å². The van der Waals surface area contributed by atoms with E-state index >= 15 is 0 Å². The van der Waals surface area contributed by atoms with Crippen LogP contribution in [0.25, 0.3) is 11.0 Å². The predicted molar refractivity (Wildman–Crippen MR) is 117 cm³/mol. The molecular formula is C24H28N4O2. The maximum atomic E-state index is 13.5. The van der Waals surface area contributed by atoms with Crippen LogP contribution in [-0.2, 0) is 6.54 Å². The van der Waals surface area contributed by atoms with Crippen LogP contribution >= 0.6 is 0 Å². The number of likely N-dealkylation sites (N-methyl/N-ethyl adjacent to an activating group) is 1. The van der Waals surface area contributed by atoms with E-state index in [9.17, 15) is 4.79 Å². The number of imidazole rings is 1. The molecule has 1 aromatic heterocycles. The molecule has 2 atom stereocenters. The van der Waals surface area contributed by atoms with E-state index in [0.717, 1.165) is 37.7 Å². The zero-order valence-corrected chi connectivity index (χ0v) is 17.6. The Balaban J connectivity index is 1.40. The van der Waals surface area contributed by atoms with Crippen LogP contribution < -0.4 is 10.1 Å². The standard InChI is InChI=1S/C24H28N4O2/c1-3-28(22(29)21-26-18-11-7-12-19(30-2)20(18)27-21)24-14-8-13-23(24,16-24)25-15-17-9-5-4-6-10-17/h4-7,9-12,25H,3,8,13-16H2,1-2H3,(H,26,27)/t23-,24+/m0/s1. The molecule has 0 aliphatic heterocycles. The van der Waals surface area contributed by atoms with E-state index in [-0.39, 0.29) is 17.0 Å². The quantitative estimate of drug-likeness (QED) is 0.627. The number of ether oxygens (including phenoxy) is 1. The van der Waals surface area contributed by atoms with E-state index in [1.54, 1.807) is 7.11 Å². The topological polar surface area (TPSA) is 70.2 Å². The van der Waals surface area contributed by atoms with Gasteiger partial charge in [-0.25, -0.2) is 4.98 Å². The lowest BCUT2D eigenvalue weighted by molar-refractivity contribution is 0.0625. The first kappa shape index (κ1) is 19.1. The predicted octanol–water partition coefficient (Wildman–Crippen LogP) is 3.89. The molecule has 1 amide bonds. The van der Waals surface area contributed by atoms with Crippen LogP contribution in [0.15, 0.2) is 48.5 Å². The third-order valence-electron chi connectivity index (χ3n) is 7.00. The summed E-state index contributed by atoms with van der Waals surface area (Å²) in [5.41, 5.74) is 2.70. The van der Waals surface area contributed by atoms with Crippen molar-refractivity contribution in [2.45, 2.75) is 50.2 Å². The molecule has 2 aliphatic carbocycles. The molecule has 1 heterocycles. The number of amides is 1. The first-order valence-electron chi connectivity index (χ1n) is 10.8. The average Bonchev–Trinajstić information content (AvgIpc) is 3.07. The Kier molecular flexibility index (Phi) is 4.54. The molecule has 2 aliphatic rings. The number of nitrogens with zero attached hydrogens (tertiary/aromatic N) is 2. The Hall–Kier alpha value is -2.86. The Morgan fingerprint density at radius 2 is 2.03 bits per heavy atom. The summed E-state index contributed by atoms with van der Waals surface area (Å²) in [7, 11) is 1.62. The van der Waals surface area contributed by atoms with Gasteiger partial charge in [-0.3, -0.25) is 4.79 Å². The highest BCUT2D eigenvalue weighted by molar-refractivity contribution is 5.96. The maximum Gasteiger partial charge on any atom is 0.290 e. The lowest BCUT2D eigenvalue weighted by Crippen LogP contribution is -2.49. The van der Waals surface area contributed by atoms with E-state index in [0.29, 0.717) is 23.6 Å². The van der Waals surface area contributed by atoms with Crippen molar-refractivity contribution in [3.8, 4) is 5.75 Å². The molecule has 5 rings (SSSR count). The fraction of sp³-hybridized carbons (Fsp3) is 0.417. The highest BCUT2D eigenvalue weighted by Gasteiger charge is 2.73. The summed E-state index contributed by atoms with van der Waals surface area (Å²) in [5, 5.41) is 3.81. The number of fused-ring (bicyclic) bond motifs is 2. The average molecular weight is 405 g/mol. The van der Waals surface area contributed by atoms with Gasteiger partial charge >= 0.3 is 0 Å². The number of carbonyl (C=O) groups is 1. The van der Waals surface area contributed by atoms with Crippen LogP contribution in [0.4, 0.5) is 0 Å². The van der Waals surface area contributed by atoms with Crippen LogP contribution in [0, 0.1) is 0 Å². The number of carbonyl (C=O) groups excluding carboxylic acids is 1. The third-order valence-corrected chi connectivity index (χ3v) is 7.00. The zero-order valence-electron chi connectivity index (χ0n) is 17.6. The monoisotopic (exact) mass is 404 g/mol. The van der Waals surface area contributed by atoms with Crippen LogP contribution in [0.3, 0.4) is 0 Å². The summed E-state index contributed by atoms with van der Waals surface area (Å²) < 4.78 is 5.41. The molecule has 6 nitrogen and oxygen atoms in total. The van der Waals surface area contributed by atoms with Gasteiger partial charge in [-0.15, -0.1) is 0 Å². The van der Waals surface area contributed by atoms with Crippen molar-refractivity contribution >= 4 is 16.9 Å². The van der Waals surface area contributed by atoms with E-state index in [4.69, 9.17) is 4.74 Å². The molecule has 0 bridgehead atoms. The molecule has 0 radical (unpaired) electrons. The second kappa shape index (κ2) is 7.13. The molecule has 3 aromatic rings. The van der Waals surface area contributed by atoms with Crippen molar-refractivity contribution in [1.82, 2.24) is 20.2 Å². The molecule has 0 unspecified atom stereocenters. The number of hydrogen-bond donors (Lipinski definition) is 2. The van der Waals surface area contributed by atoms with E-state index in [1.165, 1.54) is 5.56 Å². The Labute approximate surface area is 176 Å². The number of aromatic nitrogens is 2. The number of rotatable bonds is 7. The zero-order chi connectivity index (χ0) is 20.8. The molecule has 2 fully saturated rings. The third kappa shape index (κ3) is 2.82. The molecular weight excluding hydrogens is 376 g/mol. The van der Waals surface area contributed by atoms with E-state index in [2.05, 4.69) is 46.5 Å². The van der Waals surface area contributed by atoms with Gasteiger partial charge in [-0.05, 0) is 50.3 Å². The summed E-state index contributed by atoms with van der Waals surface area (Å²) in [6.45, 7) is 3.56. The van der Waals surface area contributed by atoms with Gasteiger partial charge in [0.1, 0.15) is 11.3 Å². The number of para-hydroxylation sites is 1. The van der Waals surface area contributed by atoms with Crippen molar-refractivity contribution in [2.75, 3.05) is 13.7 Å². The maximum absolute atomic E-state index is 13.5. The van der Waals surface area contributed by atoms with Gasteiger partial charge in [-0.2, -0.15) is 0 Å². The van der Waals surface area contributed by atoms with Gasteiger partial charge in [-0.1, -0.05) is 36.4 Å². The van der Waals surface area contributed by atoms with E-state index in [1.807, 2.05) is 29.2 Å². The molecule has 6 heteroatoms. The van der Waals surface area contributed by atoms with Crippen LogP contribution in [0.2, 0.25) is 0 Å². The van der Waals surface area contributed by atoms with Crippen molar-refractivity contribution < 1.29 is 9.53 Å². The number of aromatic amines is 1. The summed E-state index contributed by atoms with van der Waals surface area (Å²) in [5.74, 6) is 1.04. The van der Waals surface area contributed by atoms with Gasteiger partial charge in [0.25, 0.3) is 5.91 Å². The molecule has 0 spiro atoms. The normalized spacial score (nSPS) is 24.6. The highest BCUT2D eigenvalue weighted by atomic mass is 16.5. The Morgan fingerprint density at radius 3 is 2.80 bits per heavy atom. The summed E-state index contributed by atoms with van der Waals surface area (Å²) in [6.07, 6.45) is 4.30. The highest BCUT2D eigenvalue weighted by Crippen LogP contribution is 2.63. The van der Waals surface area contributed by atoms with Crippen LogP contribution in [-0.4, -0.2) is 45.5 Å².